The molecule has 1 saturated carbocycles. The number of carbonyl (C=O) groups excluding carboxylic acids is 1. The molecular weight excluding hydrogens is 345 g/mol. The summed E-state index contributed by atoms with van der Waals surface area (Å²) in [5, 5.41) is 4.39. The molecule has 1 aliphatic heterocycles. The molecule has 0 atom stereocenters. The van der Waals surface area contributed by atoms with E-state index in [1.165, 1.54) is 19.3 Å². The first-order chi connectivity index (χ1) is 11.6. The SMILES string of the molecule is O=C(NC1CCCCC1)N1CCN(Cc2ccc(Cl)c(Cl)c2)CC1. The van der Waals surface area contributed by atoms with Crippen LogP contribution in [0.4, 0.5) is 4.79 Å². The number of benzene rings is 1. The molecule has 0 bridgehead atoms. The average molecular weight is 370 g/mol. The Kier molecular flexibility index (Phi) is 6.25. The topological polar surface area (TPSA) is 35.6 Å². The van der Waals surface area contributed by atoms with Crippen molar-refractivity contribution in [2.24, 2.45) is 0 Å². The Balaban J connectivity index is 1.44. The molecule has 3 rings (SSSR count). The van der Waals surface area contributed by atoms with Gasteiger partial charge < -0.3 is 10.2 Å². The van der Waals surface area contributed by atoms with Crippen molar-refractivity contribution in [1.29, 1.82) is 0 Å². The van der Waals surface area contributed by atoms with Gasteiger partial charge in [-0.15, -0.1) is 0 Å². The smallest absolute Gasteiger partial charge is 0.317 e. The number of carbonyl (C=O) groups is 1. The molecule has 2 fully saturated rings. The first-order valence-electron chi connectivity index (χ1n) is 8.83. The van der Waals surface area contributed by atoms with Crippen molar-refractivity contribution in [3.8, 4) is 0 Å². The van der Waals surface area contributed by atoms with Gasteiger partial charge in [0.05, 0.1) is 10.0 Å². The quantitative estimate of drug-likeness (QED) is 0.868. The van der Waals surface area contributed by atoms with E-state index in [2.05, 4.69) is 10.2 Å². The second-order valence-corrected chi connectivity index (χ2v) is 7.61. The van der Waals surface area contributed by atoms with Crippen LogP contribution < -0.4 is 5.32 Å². The minimum atomic E-state index is 0.107. The first kappa shape index (κ1) is 17.8. The molecule has 2 amide bonds. The van der Waals surface area contributed by atoms with Gasteiger partial charge in [-0.3, -0.25) is 4.90 Å². The normalized spacial score (nSPS) is 20.2. The predicted molar refractivity (Wildman–Crippen MR) is 98.7 cm³/mol. The number of hydrogen-bond acceptors (Lipinski definition) is 2. The fourth-order valence-electron chi connectivity index (χ4n) is 3.52. The second-order valence-electron chi connectivity index (χ2n) is 6.80. The number of piperazine rings is 1. The molecule has 0 spiro atoms. The number of urea groups is 1. The maximum atomic E-state index is 12.4. The molecule has 0 aromatic heterocycles. The van der Waals surface area contributed by atoms with Crippen molar-refractivity contribution < 1.29 is 4.79 Å². The zero-order valence-corrected chi connectivity index (χ0v) is 15.5. The number of halogens is 2. The second kappa shape index (κ2) is 8.41. The number of rotatable bonds is 3. The van der Waals surface area contributed by atoms with Crippen LogP contribution in [-0.2, 0) is 6.54 Å². The third-order valence-corrected chi connectivity index (χ3v) is 5.72. The van der Waals surface area contributed by atoms with Crippen LogP contribution in [0.2, 0.25) is 10.0 Å². The number of nitrogens with one attached hydrogen (secondary N) is 1. The Morgan fingerprint density at radius 1 is 1.04 bits per heavy atom. The summed E-state index contributed by atoms with van der Waals surface area (Å²) in [4.78, 5) is 16.7. The molecule has 0 unspecified atom stereocenters. The van der Waals surface area contributed by atoms with Crippen LogP contribution in [0, 0.1) is 0 Å². The van der Waals surface area contributed by atoms with Crippen molar-refractivity contribution in [3.05, 3.63) is 33.8 Å². The predicted octanol–water partition coefficient (Wildman–Crippen LogP) is 4.15. The lowest BCUT2D eigenvalue weighted by atomic mass is 9.96. The van der Waals surface area contributed by atoms with E-state index in [9.17, 15) is 4.79 Å². The molecule has 1 aliphatic carbocycles. The zero-order valence-electron chi connectivity index (χ0n) is 13.9. The molecule has 0 radical (unpaired) electrons. The van der Waals surface area contributed by atoms with Gasteiger partial charge in [-0.2, -0.15) is 0 Å². The van der Waals surface area contributed by atoms with E-state index in [4.69, 9.17) is 23.2 Å². The largest absolute Gasteiger partial charge is 0.335 e. The maximum absolute atomic E-state index is 12.4. The van der Waals surface area contributed by atoms with E-state index < -0.39 is 0 Å². The third kappa shape index (κ3) is 4.78. The third-order valence-electron chi connectivity index (χ3n) is 4.98. The van der Waals surface area contributed by atoms with Crippen molar-refractivity contribution in [1.82, 2.24) is 15.1 Å². The monoisotopic (exact) mass is 369 g/mol. The Hall–Kier alpha value is -0.970. The van der Waals surface area contributed by atoms with E-state index in [0.717, 1.165) is 51.1 Å². The summed E-state index contributed by atoms with van der Waals surface area (Å²) in [6.07, 6.45) is 6.04. The lowest BCUT2D eigenvalue weighted by Crippen LogP contribution is -2.53. The van der Waals surface area contributed by atoms with E-state index in [-0.39, 0.29) is 6.03 Å². The van der Waals surface area contributed by atoms with Gasteiger partial charge in [0.2, 0.25) is 0 Å². The van der Waals surface area contributed by atoms with Crippen LogP contribution >= 0.6 is 23.2 Å². The Bertz CT molecular complexity index is 567. The summed E-state index contributed by atoms with van der Waals surface area (Å²) in [5.74, 6) is 0. The molecule has 132 valence electrons. The first-order valence-corrected chi connectivity index (χ1v) is 9.59. The highest BCUT2D eigenvalue weighted by molar-refractivity contribution is 6.42. The summed E-state index contributed by atoms with van der Waals surface area (Å²) in [6.45, 7) is 4.17. The molecule has 1 aromatic rings. The van der Waals surface area contributed by atoms with Crippen LogP contribution in [0.5, 0.6) is 0 Å². The van der Waals surface area contributed by atoms with Crippen molar-refractivity contribution in [2.75, 3.05) is 26.2 Å². The summed E-state index contributed by atoms with van der Waals surface area (Å²) in [6, 6.07) is 6.26. The summed E-state index contributed by atoms with van der Waals surface area (Å²) in [7, 11) is 0. The van der Waals surface area contributed by atoms with Gasteiger partial charge >= 0.3 is 6.03 Å². The van der Waals surface area contributed by atoms with Gasteiger partial charge in [0.15, 0.2) is 0 Å². The standard InChI is InChI=1S/C18H25Cl2N3O/c19-16-7-6-14(12-17(16)20)13-22-8-10-23(11-9-22)18(24)21-15-4-2-1-3-5-15/h6-7,12,15H,1-5,8-11,13H2,(H,21,24). The van der Waals surface area contributed by atoms with Crippen molar-refractivity contribution in [2.45, 2.75) is 44.7 Å². The fourth-order valence-corrected chi connectivity index (χ4v) is 3.84. The van der Waals surface area contributed by atoms with Crippen LogP contribution in [0.25, 0.3) is 0 Å². The van der Waals surface area contributed by atoms with Crippen LogP contribution in [0.15, 0.2) is 18.2 Å². The Morgan fingerprint density at radius 3 is 2.42 bits per heavy atom. The van der Waals surface area contributed by atoms with Crippen molar-refractivity contribution in [3.63, 3.8) is 0 Å². The van der Waals surface area contributed by atoms with Gasteiger partial charge in [-0.1, -0.05) is 48.5 Å². The van der Waals surface area contributed by atoms with E-state index in [1.54, 1.807) is 0 Å². The van der Waals surface area contributed by atoms with Gasteiger partial charge in [0.25, 0.3) is 0 Å². The fraction of sp³-hybridized carbons (Fsp3) is 0.611. The number of nitrogens with zero attached hydrogens (tertiary/aromatic N) is 2. The Morgan fingerprint density at radius 2 is 1.75 bits per heavy atom. The van der Waals surface area contributed by atoms with Crippen molar-refractivity contribution >= 4 is 29.2 Å². The molecular formula is C18H25Cl2N3O. The molecule has 4 nitrogen and oxygen atoms in total. The molecule has 1 N–H and O–H groups in total. The van der Waals surface area contributed by atoms with E-state index >= 15 is 0 Å². The molecule has 1 saturated heterocycles. The van der Waals surface area contributed by atoms with Gasteiger partial charge in [0, 0.05) is 38.8 Å². The number of amides is 2. The highest BCUT2D eigenvalue weighted by atomic mass is 35.5. The highest BCUT2D eigenvalue weighted by Gasteiger charge is 2.23. The minimum absolute atomic E-state index is 0.107. The molecule has 1 aromatic carbocycles. The lowest BCUT2D eigenvalue weighted by molar-refractivity contribution is 0.132. The average Bonchev–Trinajstić information content (AvgIpc) is 2.60. The lowest BCUT2D eigenvalue weighted by Gasteiger charge is -2.36. The molecule has 2 aliphatic rings. The highest BCUT2D eigenvalue weighted by Crippen LogP contribution is 2.23. The minimum Gasteiger partial charge on any atom is -0.335 e. The summed E-state index contributed by atoms with van der Waals surface area (Å²) >= 11 is 12.0. The van der Waals surface area contributed by atoms with Gasteiger partial charge in [-0.05, 0) is 30.5 Å². The molecule has 24 heavy (non-hydrogen) atoms. The maximum Gasteiger partial charge on any atom is 0.317 e. The Labute approximate surface area is 154 Å². The molecule has 1 heterocycles. The zero-order chi connectivity index (χ0) is 16.9. The van der Waals surface area contributed by atoms with E-state index in [0.29, 0.717) is 16.1 Å². The van der Waals surface area contributed by atoms with Crippen LogP contribution in [-0.4, -0.2) is 48.1 Å². The van der Waals surface area contributed by atoms with E-state index in [1.807, 2.05) is 23.1 Å². The summed E-state index contributed by atoms with van der Waals surface area (Å²) in [5.41, 5.74) is 1.16. The molecule has 6 heteroatoms. The number of hydrogen-bond donors (Lipinski definition) is 1. The van der Waals surface area contributed by atoms with Gasteiger partial charge in [0.1, 0.15) is 0 Å². The summed E-state index contributed by atoms with van der Waals surface area (Å²) < 4.78 is 0. The van der Waals surface area contributed by atoms with Crippen LogP contribution in [0.3, 0.4) is 0 Å². The van der Waals surface area contributed by atoms with Crippen LogP contribution in [0.1, 0.15) is 37.7 Å². The van der Waals surface area contributed by atoms with Gasteiger partial charge in [-0.25, -0.2) is 4.79 Å².